The lowest BCUT2D eigenvalue weighted by atomic mass is 9.95. The summed E-state index contributed by atoms with van der Waals surface area (Å²) in [6, 6.07) is 17.8. The molecule has 2 aromatic carbocycles. The maximum Gasteiger partial charge on any atom is 0.338 e. The van der Waals surface area contributed by atoms with Crippen LogP contribution >= 0.6 is 28.1 Å². The van der Waals surface area contributed by atoms with Gasteiger partial charge in [-0.1, -0.05) is 46.3 Å². The fraction of sp³-hybridized carbons (Fsp3) is 0.185. The van der Waals surface area contributed by atoms with Crippen molar-refractivity contribution < 1.29 is 23.5 Å². The highest BCUT2D eigenvalue weighted by molar-refractivity contribution is 9.10. The molecule has 1 amide bonds. The quantitative estimate of drug-likeness (QED) is 0.142. The molecule has 0 radical (unpaired) electrons. The molecule has 2 heterocycles. The van der Waals surface area contributed by atoms with Gasteiger partial charge in [0, 0.05) is 21.3 Å². The number of ether oxygens (including phenoxy) is 2. The average Bonchev–Trinajstić information content (AvgIpc) is 3.36. The van der Waals surface area contributed by atoms with Crippen LogP contribution in [-0.2, 0) is 14.3 Å². The predicted octanol–water partition coefficient (Wildman–Crippen LogP) is 4.59. The summed E-state index contributed by atoms with van der Waals surface area (Å²) in [5.41, 5.74) is 4.94. The maximum absolute atomic E-state index is 12.7. The maximum atomic E-state index is 12.7. The van der Waals surface area contributed by atoms with Gasteiger partial charge < -0.3 is 24.5 Å². The molecule has 0 spiro atoms. The van der Waals surface area contributed by atoms with Crippen LogP contribution < -0.4 is 20.8 Å². The van der Waals surface area contributed by atoms with E-state index < -0.39 is 17.9 Å². The van der Waals surface area contributed by atoms with Crippen molar-refractivity contribution in [2.45, 2.75) is 19.9 Å². The Hall–Kier alpha value is -3.96. The number of carbonyl (C=O) groups excluding carboxylic acids is 2. The molecular weight excluding hydrogens is 572 g/mol. The van der Waals surface area contributed by atoms with Crippen LogP contribution in [0.5, 0.6) is 5.75 Å². The Kier molecular flexibility index (Phi) is 8.93. The molecule has 0 saturated heterocycles. The van der Waals surface area contributed by atoms with Gasteiger partial charge in [0.25, 0.3) is 5.91 Å². The van der Waals surface area contributed by atoms with Gasteiger partial charge in [-0.2, -0.15) is 5.10 Å². The number of thiocarbonyl (C=S) groups is 1. The number of benzene rings is 2. The molecule has 11 heteroatoms. The predicted molar refractivity (Wildman–Crippen MR) is 150 cm³/mol. The molecule has 38 heavy (non-hydrogen) atoms. The van der Waals surface area contributed by atoms with Gasteiger partial charge in [0.2, 0.25) is 0 Å². The summed E-state index contributed by atoms with van der Waals surface area (Å²) < 4.78 is 17.8. The Morgan fingerprint density at radius 1 is 1.16 bits per heavy atom. The van der Waals surface area contributed by atoms with Crippen LogP contribution in [0, 0.1) is 0 Å². The first-order chi connectivity index (χ1) is 18.4. The minimum absolute atomic E-state index is 0.231. The van der Waals surface area contributed by atoms with E-state index in [2.05, 4.69) is 37.1 Å². The molecule has 1 aliphatic rings. The van der Waals surface area contributed by atoms with E-state index in [-0.39, 0.29) is 13.2 Å². The standard InChI is InChI=1S/C27H25BrN4O5S/c1-3-35-26(34)24-16(2)30-27(38)31-25(24)20-6-4-5-7-22(20)36-15-23(33)32-29-14-19-12-13-21(37-19)17-8-10-18(28)11-9-17/h4-14,25H,3,15H2,1-2H3,(H,32,33)(H2,30,31,38)/t25-/m0/s1. The number of hydrogen-bond acceptors (Lipinski definition) is 7. The molecule has 196 valence electrons. The summed E-state index contributed by atoms with van der Waals surface area (Å²) in [6.45, 7) is 3.42. The summed E-state index contributed by atoms with van der Waals surface area (Å²) in [5, 5.41) is 10.4. The molecular formula is C27H25BrN4O5S. The minimum atomic E-state index is -0.612. The van der Waals surface area contributed by atoms with Crippen molar-refractivity contribution >= 4 is 51.4 Å². The number of esters is 1. The van der Waals surface area contributed by atoms with E-state index in [0.29, 0.717) is 39.2 Å². The van der Waals surface area contributed by atoms with Crippen molar-refractivity contribution in [3.8, 4) is 17.1 Å². The summed E-state index contributed by atoms with van der Waals surface area (Å²) in [6.07, 6.45) is 1.41. The first kappa shape index (κ1) is 27.1. The number of halogens is 1. The van der Waals surface area contributed by atoms with Crippen LogP contribution in [0.2, 0.25) is 0 Å². The molecule has 9 nitrogen and oxygen atoms in total. The summed E-state index contributed by atoms with van der Waals surface area (Å²) in [7, 11) is 0. The molecule has 0 bridgehead atoms. The second kappa shape index (κ2) is 12.5. The number of furan rings is 1. The molecule has 4 rings (SSSR count). The summed E-state index contributed by atoms with van der Waals surface area (Å²) in [5.74, 6) is 0.634. The lowest BCUT2D eigenvalue weighted by Gasteiger charge is -2.30. The zero-order valence-electron chi connectivity index (χ0n) is 20.6. The zero-order valence-corrected chi connectivity index (χ0v) is 23.0. The van der Waals surface area contributed by atoms with Crippen LogP contribution in [0.3, 0.4) is 0 Å². The highest BCUT2D eigenvalue weighted by atomic mass is 79.9. The van der Waals surface area contributed by atoms with Gasteiger partial charge in [-0.15, -0.1) is 0 Å². The largest absolute Gasteiger partial charge is 0.483 e. The Balaban J connectivity index is 1.40. The van der Waals surface area contributed by atoms with E-state index in [4.69, 9.17) is 26.1 Å². The van der Waals surface area contributed by atoms with Crippen LogP contribution in [0.1, 0.15) is 31.2 Å². The van der Waals surface area contributed by atoms with Crippen molar-refractivity contribution in [1.82, 2.24) is 16.1 Å². The first-order valence-corrected chi connectivity index (χ1v) is 12.9. The minimum Gasteiger partial charge on any atom is -0.483 e. The van der Waals surface area contributed by atoms with Crippen molar-refractivity contribution in [2.75, 3.05) is 13.2 Å². The number of nitrogens with one attached hydrogen (secondary N) is 3. The first-order valence-electron chi connectivity index (χ1n) is 11.7. The highest BCUT2D eigenvalue weighted by Gasteiger charge is 2.32. The van der Waals surface area contributed by atoms with Gasteiger partial charge in [0.05, 0.1) is 24.4 Å². The number of hydrogen-bond donors (Lipinski definition) is 3. The Labute approximate surface area is 233 Å². The normalized spacial score (nSPS) is 15.1. The topological polar surface area (TPSA) is 114 Å². The number of para-hydroxylation sites is 1. The second-order valence-electron chi connectivity index (χ2n) is 8.12. The van der Waals surface area contributed by atoms with Crippen molar-refractivity contribution in [1.29, 1.82) is 0 Å². The number of allylic oxidation sites excluding steroid dienone is 1. The third-order valence-electron chi connectivity index (χ3n) is 5.49. The fourth-order valence-electron chi connectivity index (χ4n) is 3.79. The van der Waals surface area contributed by atoms with Crippen molar-refractivity contribution in [2.24, 2.45) is 5.10 Å². The molecule has 3 N–H and O–H groups in total. The monoisotopic (exact) mass is 596 g/mol. The molecule has 0 fully saturated rings. The van der Waals surface area contributed by atoms with Crippen LogP contribution in [0.15, 0.2) is 85.9 Å². The lowest BCUT2D eigenvalue weighted by Crippen LogP contribution is -2.45. The van der Waals surface area contributed by atoms with Gasteiger partial charge in [-0.25, -0.2) is 10.2 Å². The van der Waals surface area contributed by atoms with Gasteiger partial charge >= 0.3 is 5.97 Å². The van der Waals surface area contributed by atoms with Crippen LogP contribution in [0.4, 0.5) is 0 Å². The van der Waals surface area contributed by atoms with E-state index in [1.165, 1.54) is 6.21 Å². The number of nitrogens with zero attached hydrogens (tertiary/aromatic N) is 1. The van der Waals surface area contributed by atoms with Crippen LogP contribution in [0.25, 0.3) is 11.3 Å². The summed E-state index contributed by atoms with van der Waals surface area (Å²) in [4.78, 5) is 25.1. The Morgan fingerprint density at radius 3 is 2.68 bits per heavy atom. The third-order valence-corrected chi connectivity index (χ3v) is 6.24. The third kappa shape index (κ3) is 6.67. The zero-order chi connectivity index (χ0) is 27.1. The fourth-order valence-corrected chi connectivity index (χ4v) is 4.33. The molecule has 1 aliphatic heterocycles. The van der Waals surface area contributed by atoms with E-state index in [1.807, 2.05) is 36.4 Å². The molecule has 0 unspecified atom stereocenters. The van der Waals surface area contributed by atoms with Crippen molar-refractivity contribution in [3.05, 3.63) is 87.7 Å². The molecule has 0 aliphatic carbocycles. The van der Waals surface area contributed by atoms with Crippen molar-refractivity contribution in [3.63, 3.8) is 0 Å². The van der Waals surface area contributed by atoms with E-state index in [1.54, 1.807) is 38.1 Å². The van der Waals surface area contributed by atoms with E-state index >= 15 is 0 Å². The highest BCUT2D eigenvalue weighted by Crippen LogP contribution is 2.33. The SMILES string of the molecule is CCOC(=O)C1=C(C)NC(=S)N[C@H]1c1ccccc1OCC(=O)NN=Cc1ccc(-c2ccc(Br)cc2)o1. The van der Waals surface area contributed by atoms with E-state index in [9.17, 15) is 9.59 Å². The van der Waals surface area contributed by atoms with Gasteiger partial charge in [-0.3, -0.25) is 4.79 Å². The average molecular weight is 597 g/mol. The number of amides is 1. The Bertz CT molecular complexity index is 1400. The van der Waals surface area contributed by atoms with E-state index in [0.717, 1.165) is 10.0 Å². The van der Waals surface area contributed by atoms with Gasteiger partial charge in [0.1, 0.15) is 17.3 Å². The second-order valence-corrected chi connectivity index (χ2v) is 9.44. The molecule has 3 aromatic rings. The molecule has 1 aromatic heterocycles. The lowest BCUT2D eigenvalue weighted by molar-refractivity contribution is -0.139. The number of rotatable bonds is 9. The number of hydrazone groups is 1. The number of carbonyl (C=O) groups is 2. The smallest absolute Gasteiger partial charge is 0.338 e. The molecule has 0 saturated carbocycles. The summed E-state index contributed by atoms with van der Waals surface area (Å²) >= 11 is 8.70. The van der Waals surface area contributed by atoms with Gasteiger partial charge in [-0.05, 0) is 56.4 Å². The van der Waals surface area contributed by atoms with Gasteiger partial charge in [0.15, 0.2) is 11.7 Å². The van der Waals surface area contributed by atoms with Crippen LogP contribution in [-0.4, -0.2) is 36.4 Å². The molecule has 1 atom stereocenters. The Morgan fingerprint density at radius 2 is 1.92 bits per heavy atom.